The summed E-state index contributed by atoms with van der Waals surface area (Å²) in [6, 6.07) is 7.03. The van der Waals surface area contributed by atoms with Crippen LogP contribution in [0.3, 0.4) is 0 Å². The highest BCUT2D eigenvalue weighted by Gasteiger charge is 2.52. The molecule has 1 aromatic heterocycles. The number of aromatic nitrogens is 2. The van der Waals surface area contributed by atoms with Crippen LogP contribution in [0.15, 0.2) is 36.7 Å². The van der Waals surface area contributed by atoms with Gasteiger partial charge in [-0.3, -0.25) is 0 Å². The van der Waals surface area contributed by atoms with E-state index in [4.69, 9.17) is 10.5 Å². The molecule has 1 unspecified atom stereocenters. The van der Waals surface area contributed by atoms with Gasteiger partial charge in [-0.25, -0.2) is 14.2 Å². The molecule has 31 heavy (non-hydrogen) atoms. The second kappa shape index (κ2) is 9.39. The van der Waals surface area contributed by atoms with E-state index in [9.17, 15) is 9.18 Å². The number of carbonyl (C=O) groups excluding carboxylic acids is 1. The Kier molecular flexibility index (Phi) is 6.60. The van der Waals surface area contributed by atoms with Crippen LogP contribution in [0.25, 0.3) is 0 Å². The molecule has 0 bridgehead atoms. The predicted octanol–water partition coefficient (Wildman–Crippen LogP) is 3.79. The number of amides is 1. The van der Waals surface area contributed by atoms with Gasteiger partial charge in [-0.15, -0.1) is 0 Å². The van der Waals surface area contributed by atoms with Crippen LogP contribution in [0, 0.1) is 17.7 Å². The molecule has 7 heteroatoms. The Morgan fingerprint density at radius 3 is 2.84 bits per heavy atom. The normalized spacial score (nSPS) is 24.1. The van der Waals surface area contributed by atoms with E-state index in [2.05, 4.69) is 21.8 Å². The third-order valence-corrected chi connectivity index (χ3v) is 7.36. The molecule has 3 N–H and O–H groups in total. The number of imidazole rings is 1. The molecule has 3 atom stereocenters. The summed E-state index contributed by atoms with van der Waals surface area (Å²) in [4.78, 5) is 16.3. The molecule has 2 heterocycles. The summed E-state index contributed by atoms with van der Waals surface area (Å²) < 4.78 is 22.4. The summed E-state index contributed by atoms with van der Waals surface area (Å²) in [6.07, 6.45) is 8.36. The lowest BCUT2D eigenvalue weighted by molar-refractivity contribution is 0.0159. The van der Waals surface area contributed by atoms with Gasteiger partial charge in [-0.1, -0.05) is 19.1 Å². The molecule has 1 aliphatic heterocycles. The van der Waals surface area contributed by atoms with Crippen molar-refractivity contribution in [2.24, 2.45) is 17.6 Å². The summed E-state index contributed by atoms with van der Waals surface area (Å²) in [5.41, 5.74) is 6.06. The molecule has 2 aliphatic rings. The number of rotatable bonds is 7. The zero-order valence-electron chi connectivity index (χ0n) is 18.2. The van der Waals surface area contributed by atoms with Crippen molar-refractivity contribution in [1.29, 1.82) is 0 Å². The lowest BCUT2D eigenvalue weighted by Crippen LogP contribution is -2.52. The maximum atomic E-state index is 14.5. The van der Waals surface area contributed by atoms with E-state index in [-0.39, 0.29) is 23.3 Å². The van der Waals surface area contributed by atoms with Crippen molar-refractivity contribution in [3.8, 4) is 0 Å². The fraction of sp³-hybridized carbons (Fsp3) is 0.583. The number of ether oxygens (including phenoxy) is 1. The van der Waals surface area contributed by atoms with Gasteiger partial charge < -0.3 is 20.4 Å². The van der Waals surface area contributed by atoms with Gasteiger partial charge in [0.15, 0.2) is 0 Å². The molecule has 1 saturated carbocycles. The van der Waals surface area contributed by atoms with Gasteiger partial charge in [0.1, 0.15) is 17.7 Å². The summed E-state index contributed by atoms with van der Waals surface area (Å²) in [5, 5.41) is 3.47. The van der Waals surface area contributed by atoms with Crippen LogP contribution in [0.2, 0.25) is 0 Å². The van der Waals surface area contributed by atoms with Crippen molar-refractivity contribution in [2.45, 2.75) is 63.5 Å². The first-order valence-electron chi connectivity index (χ1n) is 11.5. The summed E-state index contributed by atoms with van der Waals surface area (Å²) in [5.74, 6) is 1.17. The van der Waals surface area contributed by atoms with Crippen LogP contribution in [0.4, 0.5) is 9.18 Å². The number of aryl methyl sites for hydroxylation is 1. The zero-order valence-corrected chi connectivity index (χ0v) is 18.2. The molecule has 168 valence electrons. The molecule has 2 fully saturated rings. The van der Waals surface area contributed by atoms with Crippen LogP contribution in [-0.2, 0) is 23.1 Å². The topological polar surface area (TPSA) is 82.2 Å². The first-order valence-corrected chi connectivity index (χ1v) is 11.5. The smallest absolute Gasteiger partial charge is 0.404 e. The molecule has 0 radical (unpaired) electrons. The standard InChI is InChI=1S/C24H33FN4O2/c1-2-22-28-13-14-29(22)16-24(17-9-11-27-12-10-17,18-5-3-6-19(25)15-18)20-7-4-8-21(20)31-23(26)30/h3,5-6,13-15,17,20-21,27H,2,4,7-12,16H2,1H3,(H2,26,30)/t20-,21-,24?/m0/s1. The van der Waals surface area contributed by atoms with Gasteiger partial charge in [0.2, 0.25) is 0 Å². The molecule has 2 aromatic rings. The van der Waals surface area contributed by atoms with Gasteiger partial charge >= 0.3 is 6.09 Å². The van der Waals surface area contributed by atoms with Crippen molar-refractivity contribution < 1.29 is 13.9 Å². The minimum Gasteiger partial charge on any atom is -0.446 e. The van der Waals surface area contributed by atoms with E-state index >= 15 is 0 Å². The zero-order chi connectivity index (χ0) is 21.8. The number of nitrogens with one attached hydrogen (secondary N) is 1. The van der Waals surface area contributed by atoms with E-state index in [1.165, 1.54) is 6.07 Å². The third-order valence-electron chi connectivity index (χ3n) is 7.36. The number of piperidine rings is 1. The number of primary amides is 1. The van der Waals surface area contributed by atoms with Gasteiger partial charge in [-0.05, 0) is 68.8 Å². The van der Waals surface area contributed by atoms with Gasteiger partial charge in [0.05, 0.1) is 0 Å². The Hall–Kier alpha value is -2.41. The summed E-state index contributed by atoms with van der Waals surface area (Å²) in [6.45, 7) is 4.65. The van der Waals surface area contributed by atoms with Gasteiger partial charge in [0.25, 0.3) is 0 Å². The van der Waals surface area contributed by atoms with Crippen LogP contribution >= 0.6 is 0 Å². The fourth-order valence-corrected chi connectivity index (χ4v) is 6.09. The number of nitrogens with zero attached hydrogens (tertiary/aromatic N) is 2. The molecular formula is C24H33FN4O2. The summed E-state index contributed by atoms with van der Waals surface area (Å²) >= 11 is 0. The van der Waals surface area contributed by atoms with E-state index in [0.717, 1.165) is 63.0 Å². The Morgan fingerprint density at radius 2 is 2.13 bits per heavy atom. The predicted molar refractivity (Wildman–Crippen MR) is 117 cm³/mol. The summed E-state index contributed by atoms with van der Waals surface area (Å²) in [7, 11) is 0. The Bertz CT molecular complexity index is 895. The number of nitrogens with two attached hydrogens (primary N) is 1. The number of halogens is 1. The Morgan fingerprint density at radius 1 is 1.32 bits per heavy atom. The molecule has 1 aromatic carbocycles. The first-order chi connectivity index (χ1) is 15.0. The van der Waals surface area contributed by atoms with Crippen molar-refractivity contribution in [1.82, 2.24) is 14.9 Å². The maximum absolute atomic E-state index is 14.5. The van der Waals surface area contributed by atoms with Crippen molar-refractivity contribution in [3.63, 3.8) is 0 Å². The highest BCUT2D eigenvalue weighted by atomic mass is 19.1. The molecule has 6 nitrogen and oxygen atoms in total. The van der Waals surface area contributed by atoms with Gasteiger partial charge in [0, 0.05) is 36.7 Å². The SMILES string of the molecule is CCc1nccn1CC(c1cccc(F)c1)(C1CCNCC1)[C@H]1CCC[C@@H]1OC(N)=O. The van der Waals surface area contributed by atoms with E-state index in [1.54, 1.807) is 12.1 Å². The lowest BCUT2D eigenvalue weighted by Gasteiger charge is -2.49. The average Bonchev–Trinajstić information content (AvgIpc) is 3.41. The Balaban J connectivity index is 1.88. The van der Waals surface area contributed by atoms with Crippen LogP contribution in [0.1, 0.15) is 50.4 Å². The molecule has 0 spiro atoms. The van der Waals surface area contributed by atoms with Crippen LogP contribution in [-0.4, -0.2) is 34.8 Å². The number of carbonyl (C=O) groups is 1. The van der Waals surface area contributed by atoms with Gasteiger partial charge in [-0.2, -0.15) is 0 Å². The second-order valence-electron chi connectivity index (χ2n) is 8.91. The monoisotopic (exact) mass is 428 g/mol. The maximum Gasteiger partial charge on any atom is 0.404 e. The van der Waals surface area contributed by atoms with Crippen molar-refractivity contribution in [2.75, 3.05) is 13.1 Å². The quantitative estimate of drug-likeness (QED) is 0.703. The van der Waals surface area contributed by atoms with E-state index in [0.29, 0.717) is 12.5 Å². The second-order valence-corrected chi connectivity index (χ2v) is 8.91. The van der Waals surface area contributed by atoms with Crippen LogP contribution in [0.5, 0.6) is 0 Å². The molecule has 1 aliphatic carbocycles. The number of hydrogen-bond donors (Lipinski definition) is 2. The minimum absolute atomic E-state index is 0.0667. The molecular weight excluding hydrogens is 395 g/mol. The largest absolute Gasteiger partial charge is 0.446 e. The highest BCUT2D eigenvalue weighted by Crippen LogP contribution is 2.52. The number of hydrogen-bond acceptors (Lipinski definition) is 4. The molecule has 1 amide bonds. The third kappa shape index (κ3) is 4.33. The fourth-order valence-electron chi connectivity index (χ4n) is 6.09. The Labute approximate surface area is 183 Å². The highest BCUT2D eigenvalue weighted by molar-refractivity contribution is 5.64. The van der Waals surface area contributed by atoms with E-state index < -0.39 is 6.09 Å². The van der Waals surface area contributed by atoms with Crippen molar-refractivity contribution in [3.05, 3.63) is 53.9 Å². The lowest BCUT2D eigenvalue weighted by atomic mass is 9.58. The van der Waals surface area contributed by atoms with E-state index in [1.807, 2.05) is 18.5 Å². The number of benzene rings is 1. The molecule has 4 rings (SSSR count). The minimum atomic E-state index is -0.729. The first kappa shape index (κ1) is 21.8. The average molecular weight is 429 g/mol. The van der Waals surface area contributed by atoms with Crippen LogP contribution < -0.4 is 11.1 Å². The van der Waals surface area contributed by atoms with Crippen molar-refractivity contribution >= 4 is 6.09 Å². The molecule has 1 saturated heterocycles.